The van der Waals surface area contributed by atoms with Crippen molar-refractivity contribution in [1.29, 1.82) is 0 Å². The Kier molecular flexibility index (Phi) is 4.05. The maximum atomic E-state index is 12.6. The van der Waals surface area contributed by atoms with Crippen molar-refractivity contribution in [1.82, 2.24) is 15.0 Å². The van der Waals surface area contributed by atoms with Crippen molar-refractivity contribution in [2.45, 2.75) is 58.9 Å². The quantitative estimate of drug-likeness (QED) is 0.944. The second kappa shape index (κ2) is 5.99. The largest absolute Gasteiger partial charge is 0.360 e. The van der Waals surface area contributed by atoms with E-state index in [1.165, 1.54) is 19.3 Å². The van der Waals surface area contributed by atoms with Crippen LogP contribution in [0.2, 0.25) is 0 Å². The number of amides is 1. The number of hydrogen-bond donors (Lipinski definition) is 1. The van der Waals surface area contributed by atoms with Gasteiger partial charge in [-0.1, -0.05) is 24.4 Å². The van der Waals surface area contributed by atoms with Gasteiger partial charge in [-0.25, -0.2) is 0 Å². The maximum Gasteiger partial charge on any atom is 0.253 e. The number of aryl methyl sites for hydroxylation is 2. The topological polar surface area (TPSA) is 60.1 Å². The van der Waals surface area contributed by atoms with Crippen molar-refractivity contribution in [3.63, 3.8) is 0 Å². The molecule has 1 aliphatic rings. The average Bonchev–Trinajstić information content (AvgIpc) is 3.03. The standard InChI is InChI=1S/C17H23N3O2/c1-11-9-15(17(21)18-14-7-5-4-6-8-14)13(3)20(11)16-10-12(2)22-19-16/h9-10,14H,4-8H2,1-3H3,(H,18,21). The summed E-state index contributed by atoms with van der Waals surface area (Å²) in [7, 11) is 0. The minimum Gasteiger partial charge on any atom is -0.360 e. The fourth-order valence-electron chi connectivity index (χ4n) is 3.31. The highest BCUT2D eigenvalue weighted by Crippen LogP contribution is 2.22. The SMILES string of the molecule is Cc1cc(-n2c(C)cc(C(=O)NC3CCCCC3)c2C)no1. The number of carbonyl (C=O) groups is 1. The van der Waals surface area contributed by atoms with Crippen LogP contribution in [-0.4, -0.2) is 21.7 Å². The summed E-state index contributed by atoms with van der Waals surface area (Å²) < 4.78 is 7.11. The highest BCUT2D eigenvalue weighted by molar-refractivity contribution is 5.96. The van der Waals surface area contributed by atoms with E-state index in [1.54, 1.807) is 0 Å². The molecule has 0 aromatic carbocycles. The normalized spacial score (nSPS) is 16.0. The molecule has 1 N–H and O–H groups in total. The van der Waals surface area contributed by atoms with E-state index >= 15 is 0 Å². The predicted molar refractivity (Wildman–Crippen MR) is 84.4 cm³/mol. The third-order valence-electron chi connectivity index (χ3n) is 4.46. The smallest absolute Gasteiger partial charge is 0.253 e. The third kappa shape index (κ3) is 2.80. The van der Waals surface area contributed by atoms with E-state index < -0.39 is 0 Å². The summed E-state index contributed by atoms with van der Waals surface area (Å²) in [5.41, 5.74) is 2.61. The predicted octanol–water partition coefficient (Wildman–Crippen LogP) is 3.45. The molecule has 0 bridgehead atoms. The molecule has 0 atom stereocenters. The number of aromatic nitrogens is 2. The lowest BCUT2D eigenvalue weighted by molar-refractivity contribution is 0.0927. The van der Waals surface area contributed by atoms with Crippen LogP contribution >= 0.6 is 0 Å². The van der Waals surface area contributed by atoms with E-state index in [9.17, 15) is 4.79 Å². The lowest BCUT2D eigenvalue weighted by atomic mass is 9.95. The number of rotatable bonds is 3. The Morgan fingerprint density at radius 3 is 2.59 bits per heavy atom. The number of carbonyl (C=O) groups excluding carboxylic acids is 1. The summed E-state index contributed by atoms with van der Waals surface area (Å²) in [5, 5.41) is 7.23. The molecule has 3 rings (SSSR count). The molecule has 0 saturated heterocycles. The monoisotopic (exact) mass is 301 g/mol. The zero-order valence-electron chi connectivity index (χ0n) is 13.5. The highest BCUT2D eigenvalue weighted by Gasteiger charge is 2.21. The minimum atomic E-state index is 0.0199. The first-order chi connectivity index (χ1) is 10.6. The molecule has 1 aliphatic carbocycles. The average molecular weight is 301 g/mol. The number of hydrogen-bond acceptors (Lipinski definition) is 3. The molecular weight excluding hydrogens is 278 g/mol. The molecule has 5 nitrogen and oxygen atoms in total. The van der Waals surface area contributed by atoms with E-state index in [-0.39, 0.29) is 5.91 Å². The van der Waals surface area contributed by atoms with Gasteiger partial charge in [0, 0.05) is 23.5 Å². The van der Waals surface area contributed by atoms with Gasteiger partial charge in [0.2, 0.25) is 0 Å². The van der Waals surface area contributed by atoms with E-state index in [0.717, 1.165) is 41.4 Å². The van der Waals surface area contributed by atoms with Crippen LogP contribution in [0.3, 0.4) is 0 Å². The fourth-order valence-corrected chi connectivity index (χ4v) is 3.31. The minimum absolute atomic E-state index is 0.0199. The molecule has 22 heavy (non-hydrogen) atoms. The number of nitrogens with one attached hydrogen (secondary N) is 1. The van der Waals surface area contributed by atoms with Gasteiger partial charge in [0.25, 0.3) is 5.91 Å². The molecule has 1 amide bonds. The van der Waals surface area contributed by atoms with E-state index in [2.05, 4.69) is 10.5 Å². The molecule has 118 valence electrons. The lowest BCUT2D eigenvalue weighted by Gasteiger charge is -2.22. The Hall–Kier alpha value is -2.04. The first-order valence-corrected chi connectivity index (χ1v) is 8.00. The molecule has 2 aromatic rings. The summed E-state index contributed by atoms with van der Waals surface area (Å²) >= 11 is 0. The van der Waals surface area contributed by atoms with Gasteiger partial charge in [0.05, 0.1) is 5.56 Å². The molecular formula is C17H23N3O2. The third-order valence-corrected chi connectivity index (χ3v) is 4.46. The van der Waals surface area contributed by atoms with Gasteiger partial charge >= 0.3 is 0 Å². The van der Waals surface area contributed by atoms with Gasteiger partial charge in [-0.3, -0.25) is 9.36 Å². The Morgan fingerprint density at radius 1 is 1.23 bits per heavy atom. The summed E-state index contributed by atoms with van der Waals surface area (Å²) in [6, 6.07) is 4.12. The van der Waals surface area contributed by atoms with Crippen LogP contribution in [0.4, 0.5) is 0 Å². The summed E-state index contributed by atoms with van der Waals surface area (Å²) in [6.07, 6.45) is 5.89. The summed E-state index contributed by atoms with van der Waals surface area (Å²) in [6.45, 7) is 5.79. The first-order valence-electron chi connectivity index (χ1n) is 8.00. The van der Waals surface area contributed by atoms with Crippen LogP contribution in [-0.2, 0) is 0 Å². The van der Waals surface area contributed by atoms with Crippen LogP contribution in [0, 0.1) is 20.8 Å². The van der Waals surface area contributed by atoms with Crippen molar-refractivity contribution in [3.8, 4) is 5.82 Å². The second-order valence-corrected chi connectivity index (χ2v) is 6.22. The van der Waals surface area contributed by atoms with Crippen LogP contribution < -0.4 is 5.32 Å². The zero-order valence-corrected chi connectivity index (χ0v) is 13.5. The van der Waals surface area contributed by atoms with Crippen LogP contribution in [0.5, 0.6) is 0 Å². The molecule has 0 aliphatic heterocycles. The lowest BCUT2D eigenvalue weighted by Crippen LogP contribution is -2.36. The Bertz CT molecular complexity index is 678. The van der Waals surface area contributed by atoms with E-state index in [1.807, 2.05) is 37.5 Å². The molecule has 5 heteroatoms. The van der Waals surface area contributed by atoms with Gasteiger partial charge < -0.3 is 9.84 Å². The van der Waals surface area contributed by atoms with Gasteiger partial charge in [0.15, 0.2) is 5.82 Å². The highest BCUT2D eigenvalue weighted by atomic mass is 16.5. The molecule has 2 aromatic heterocycles. The molecule has 0 spiro atoms. The Morgan fingerprint density at radius 2 is 1.95 bits per heavy atom. The zero-order chi connectivity index (χ0) is 15.7. The molecule has 2 heterocycles. The van der Waals surface area contributed by atoms with Crippen molar-refractivity contribution >= 4 is 5.91 Å². The molecule has 1 saturated carbocycles. The summed E-state index contributed by atoms with van der Waals surface area (Å²) in [5.74, 6) is 1.51. The van der Waals surface area contributed by atoms with Gasteiger partial charge in [0.1, 0.15) is 5.76 Å². The first kappa shape index (κ1) is 14.9. The maximum absolute atomic E-state index is 12.6. The van der Waals surface area contributed by atoms with Crippen molar-refractivity contribution < 1.29 is 9.32 Å². The number of nitrogens with zero attached hydrogens (tertiary/aromatic N) is 2. The molecule has 0 radical (unpaired) electrons. The van der Waals surface area contributed by atoms with E-state index in [4.69, 9.17) is 4.52 Å². The van der Waals surface area contributed by atoms with Crippen molar-refractivity contribution in [3.05, 3.63) is 34.8 Å². The molecule has 0 unspecified atom stereocenters. The van der Waals surface area contributed by atoms with E-state index in [0.29, 0.717) is 6.04 Å². The van der Waals surface area contributed by atoms with Crippen LogP contribution in [0.1, 0.15) is 59.6 Å². The van der Waals surface area contributed by atoms with Crippen LogP contribution in [0.15, 0.2) is 16.7 Å². The Balaban J connectivity index is 1.84. The second-order valence-electron chi connectivity index (χ2n) is 6.22. The van der Waals surface area contributed by atoms with Crippen LogP contribution in [0.25, 0.3) is 5.82 Å². The van der Waals surface area contributed by atoms with Gasteiger partial charge in [-0.2, -0.15) is 0 Å². The molecule has 1 fully saturated rings. The van der Waals surface area contributed by atoms with Gasteiger partial charge in [-0.05, 0) is 39.7 Å². The van der Waals surface area contributed by atoms with Crippen molar-refractivity contribution in [2.75, 3.05) is 0 Å². The summed E-state index contributed by atoms with van der Waals surface area (Å²) in [4.78, 5) is 12.6. The van der Waals surface area contributed by atoms with Crippen molar-refractivity contribution in [2.24, 2.45) is 0 Å². The Labute approximate surface area is 130 Å². The fraction of sp³-hybridized carbons (Fsp3) is 0.529. The van der Waals surface area contributed by atoms with Gasteiger partial charge in [-0.15, -0.1) is 0 Å².